The fourth-order valence-electron chi connectivity index (χ4n) is 2.83. The Kier molecular flexibility index (Phi) is 7.30. The topological polar surface area (TPSA) is 116 Å². The van der Waals surface area contributed by atoms with Gasteiger partial charge in [-0.2, -0.15) is 0 Å². The van der Waals surface area contributed by atoms with Crippen LogP contribution in [0.5, 0.6) is 0 Å². The number of nitro benzene ring substituents is 1. The van der Waals surface area contributed by atoms with Crippen molar-refractivity contribution < 1.29 is 24.0 Å². The molecule has 0 aliphatic carbocycles. The summed E-state index contributed by atoms with van der Waals surface area (Å²) >= 11 is 5.79. The van der Waals surface area contributed by atoms with Gasteiger partial charge in [-0.3, -0.25) is 24.5 Å². The highest BCUT2D eigenvalue weighted by Crippen LogP contribution is 2.25. The van der Waals surface area contributed by atoms with Gasteiger partial charge in [-0.15, -0.1) is 0 Å². The predicted molar refractivity (Wildman–Crippen MR) is 116 cm³/mol. The van der Waals surface area contributed by atoms with E-state index < -0.39 is 35.2 Å². The second kappa shape index (κ2) is 10.3. The number of amides is 1. The number of rotatable bonds is 8. The van der Waals surface area contributed by atoms with Gasteiger partial charge in [0.05, 0.1) is 4.92 Å². The van der Waals surface area contributed by atoms with Crippen molar-refractivity contribution in [1.29, 1.82) is 0 Å². The molecular weight excluding hydrogens is 436 g/mol. The number of non-ortho nitro benzene ring substituents is 1. The lowest BCUT2D eigenvalue weighted by atomic mass is 9.99. The molecule has 8 nitrogen and oxygen atoms in total. The van der Waals surface area contributed by atoms with Crippen LogP contribution >= 0.6 is 11.6 Å². The Balaban J connectivity index is 1.74. The van der Waals surface area contributed by atoms with Crippen LogP contribution in [0.25, 0.3) is 0 Å². The van der Waals surface area contributed by atoms with Crippen LogP contribution in [0.3, 0.4) is 0 Å². The summed E-state index contributed by atoms with van der Waals surface area (Å²) in [5.74, 6) is -1.86. The van der Waals surface area contributed by atoms with E-state index in [0.717, 1.165) is 0 Å². The van der Waals surface area contributed by atoms with Crippen molar-refractivity contribution in [3.8, 4) is 0 Å². The molecule has 0 unspecified atom stereocenters. The van der Waals surface area contributed by atoms with Gasteiger partial charge in [0.1, 0.15) is 6.54 Å². The molecule has 0 aliphatic rings. The van der Waals surface area contributed by atoms with Crippen molar-refractivity contribution in [1.82, 2.24) is 5.32 Å². The molecule has 3 aromatic carbocycles. The first-order valence-corrected chi connectivity index (χ1v) is 9.80. The lowest BCUT2D eigenvalue weighted by Gasteiger charge is -2.17. The highest BCUT2D eigenvalue weighted by Gasteiger charge is 2.27. The molecule has 1 N–H and O–H groups in total. The number of nitro groups is 1. The Morgan fingerprint density at radius 2 is 1.53 bits per heavy atom. The molecule has 3 rings (SSSR count). The van der Waals surface area contributed by atoms with Crippen molar-refractivity contribution in [2.45, 2.75) is 6.10 Å². The number of halogens is 1. The van der Waals surface area contributed by atoms with E-state index in [1.54, 1.807) is 30.3 Å². The predicted octanol–water partition coefficient (Wildman–Crippen LogP) is 4.15. The highest BCUT2D eigenvalue weighted by atomic mass is 35.5. The number of carbonyl (C=O) groups excluding carboxylic acids is 3. The summed E-state index contributed by atoms with van der Waals surface area (Å²) in [5.41, 5.74) is 0.700. The minimum absolute atomic E-state index is 0.166. The van der Waals surface area contributed by atoms with Gasteiger partial charge in [0.15, 0.2) is 6.10 Å². The number of ether oxygens (including phenoxy) is 1. The fraction of sp³-hybridized carbons (Fsp3) is 0.0870. The smallest absolute Gasteiger partial charge is 0.326 e. The molecular formula is C23H17ClN2O6. The number of benzene rings is 3. The molecule has 162 valence electrons. The second-order valence-corrected chi connectivity index (χ2v) is 7.07. The number of nitrogens with one attached hydrogen (secondary N) is 1. The second-order valence-electron chi connectivity index (χ2n) is 6.64. The molecule has 0 spiro atoms. The SMILES string of the molecule is O=C(CNC(=O)c1ccc(Cl)cc1)O[C@H](C(=O)c1ccccc1)c1ccc([N+](=O)[O-])cc1. The van der Waals surface area contributed by atoms with Gasteiger partial charge < -0.3 is 10.1 Å². The van der Waals surface area contributed by atoms with Gasteiger partial charge in [0, 0.05) is 33.8 Å². The van der Waals surface area contributed by atoms with Crippen molar-refractivity contribution in [2.75, 3.05) is 6.54 Å². The molecule has 32 heavy (non-hydrogen) atoms. The number of nitrogens with zero attached hydrogens (tertiary/aromatic N) is 1. The van der Waals surface area contributed by atoms with Gasteiger partial charge in [-0.25, -0.2) is 0 Å². The van der Waals surface area contributed by atoms with Crippen LogP contribution in [0.2, 0.25) is 5.02 Å². The van der Waals surface area contributed by atoms with E-state index in [0.29, 0.717) is 16.1 Å². The molecule has 0 saturated heterocycles. The third-order valence-corrected chi connectivity index (χ3v) is 4.70. The van der Waals surface area contributed by atoms with E-state index in [2.05, 4.69) is 5.32 Å². The average Bonchev–Trinajstić information content (AvgIpc) is 2.81. The summed E-state index contributed by atoms with van der Waals surface area (Å²) in [6, 6.07) is 19.4. The van der Waals surface area contributed by atoms with Gasteiger partial charge in [0.25, 0.3) is 11.6 Å². The molecule has 0 aliphatic heterocycles. The minimum Gasteiger partial charge on any atom is -0.448 e. The number of esters is 1. The van der Waals surface area contributed by atoms with Gasteiger partial charge >= 0.3 is 5.97 Å². The number of ketones is 1. The van der Waals surface area contributed by atoms with E-state index >= 15 is 0 Å². The molecule has 0 heterocycles. The first kappa shape index (κ1) is 22.6. The first-order chi connectivity index (χ1) is 15.3. The maximum Gasteiger partial charge on any atom is 0.326 e. The molecule has 1 atom stereocenters. The molecule has 0 bridgehead atoms. The third kappa shape index (κ3) is 5.77. The van der Waals surface area contributed by atoms with Crippen LogP contribution in [0.1, 0.15) is 32.4 Å². The molecule has 0 aromatic heterocycles. The van der Waals surface area contributed by atoms with Gasteiger partial charge in [-0.05, 0) is 36.4 Å². The monoisotopic (exact) mass is 452 g/mol. The number of carbonyl (C=O) groups is 3. The van der Waals surface area contributed by atoms with Crippen molar-refractivity contribution in [2.24, 2.45) is 0 Å². The molecule has 0 saturated carbocycles. The summed E-state index contributed by atoms with van der Waals surface area (Å²) in [6.07, 6.45) is -1.34. The highest BCUT2D eigenvalue weighted by molar-refractivity contribution is 6.30. The van der Waals surface area contributed by atoms with E-state index in [-0.39, 0.29) is 11.3 Å². The molecule has 0 fully saturated rings. The normalized spacial score (nSPS) is 11.3. The van der Waals surface area contributed by atoms with E-state index in [9.17, 15) is 24.5 Å². The Morgan fingerprint density at radius 1 is 0.906 bits per heavy atom. The van der Waals surface area contributed by atoms with Crippen LogP contribution in [0.15, 0.2) is 78.9 Å². The summed E-state index contributed by atoms with van der Waals surface area (Å²) in [7, 11) is 0. The lowest BCUT2D eigenvalue weighted by molar-refractivity contribution is -0.384. The number of hydrogen-bond donors (Lipinski definition) is 1. The van der Waals surface area contributed by atoms with E-state index in [1.807, 2.05) is 0 Å². The Labute approximate surface area is 187 Å². The summed E-state index contributed by atoms with van der Waals surface area (Å²) in [6.45, 7) is -0.479. The largest absolute Gasteiger partial charge is 0.448 e. The zero-order valence-corrected chi connectivity index (χ0v) is 17.3. The van der Waals surface area contributed by atoms with Crippen LogP contribution < -0.4 is 5.32 Å². The molecule has 1 amide bonds. The minimum atomic E-state index is -1.34. The molecule has 0 radical (unpaired) electrons. The maximum atomic E-state index is 13.0. The standard InChI is InChI=1S/C23H17ClN2O6/c24-18-10-6-17(7-11-18)23(29)25-14-20(27)32-22(21(28)15-4-2-1-3-5-15)16-8-12-19(13-9-16)26(30)31/h1-13,22H,14H2,(H,25,29)/t22-/m0/s1. The Bertz CT molecular complexity index is 1130. The summed E-state index contributed by atoms with van der Waals surface area (Å²) in [4.78, 5) is 47.9. The van der Waals surface area contributed by atoms with Crippen LogP contribution in [0.4, 0.5) is 5.69 Å². The van der Waals surface area contributed by atoms with Crippen molar-refractivity contribution in [3.63, 3.8) is 0 Å². The van der Waals surface area contributed by atoms with Crippen molar-refractivity contribution in [3.05, 3.63) is 111 Å². The number of Topliss-reactive ketones (excluding diaryl/α,β-unsaturated/α-hetero) is 1. The Hall–Kier alpha value is -4.04. The summed E-state index contributed by atoms with van der Waals surface area (Å²) in [5, 5.41) is 13.8. The van der Waals surface area contributed by atoms with Crippen LogP contribution in [0, 0.1) is 10.1 Å². The first-order valence-electron chi connectivity index (χ1n) is 9.42. The van der Waals surface area contributed by atoms with Crippen LogP contribution in [-0.4, -0.2) is 29.1 Å². The van der Waals surface area contributed by atoms with Gasteiger partial charge in [0.2, 0.25) is 5.78 Å². The number of hydrogen-bond acceptors (Lipinski definition) is 6. The quantitative estimate of drug-likeness (QED) is 0.237. The molecule has 3 aromatic rings. The zero-order chi connectivity index (χ0) is 23.1. The fourth-order valence-corrected chi connectivity index (χ4v) is 2.95. The van der Waals surface area contributed by atoms with E-state index in [4.69, 9.17) is 16.3 Å². The maximum absolute atomic E-state index is 13.0. The van der Waals surface area contributed by atoms with Crippen molar-refractivity contribution >= 4 is 34.9 Å². The van der Waals surface area contributed by atoms with Gasteiger partial charge in [-0.1, -0.05) is 41.9 Å². The zero-order valence-electron chi connectivity index (χ0n) is 16.6. The third-order valence-electron chi connectivity index (χ3n) is 4.45. The average molecular weight is 453 g/mol. The van der Waals surface area contributed by atoms with E-state index in [1.165, 1.54) is 48.5 Å². The molecule has 9 heteroatoms. The Morgan fingerprint density at radius 3 is 2.12 bits per heavy atom. The lowest BCUT2D eigenvalue weighted by Crippen LogP contribution is -2.32. The summed E-state index contributed by atoms with van der Waals surface area (Å²) < 4.78 is 5.36. The van der Waals surface area contributed by atoms with Crippen LogP contribution in [-0.2, 0) is 9.53 Å².